The average molecular weight is 248 g/mol. The van der Waals surface area contributed by atoms with Gasteiger partial charge in [0.05, 0.1) is 0 Å². The minimum absolute atomic E-state index is 0.190. The van der Waals surface area contributed by atoms with Crippen molar-refractivity contribution in [3.8, 4) is 0 Å². The maximum atomic E-state index is 5.99. The number of nitrogens with two attached hydrogens (primary N) is 1. The van der Waals surface area contributed by atoms with Crippen LogP contribution in [0.4, 0.5) is 0 Å². The molecule has 1 unspecified atom stereocenters. The van der Waals surface area contributed by atoms with Gasteiger partial charge in [0.25, 0.3) is 0 Å². The van der Waals surface area contributed by atoms with Gasteiger partial charge < -0.3 is 10.7 Å². The number of nitrogens with zero attached hydrogens (tertiary/aromatic N) is 2. The van der Waals surface area contributed by atoms with Crippen LogP contribution in [-0.4, -0.2) is 21.0 Å². The van der Waals surface area contributed by atoms with E-state index in [2.05, 4.69) is 27.9 Å². The van der Waals surface area contributed by atoms with Crippen molar-refractivity contribution in [2.24, 2.45) is 5.73 Å². The predicted molar refractivity (Wildman–Crippen MR) is 68.9 cm³/mol. The molecule has 4 nitrogen and oxygen atoms in total. The second-order valence-electron chi connectivity index (χ2n) is 3.84. The second-order valence-corrected chi connectivity index (χ2v) is 4.81. The number of H-pyrrole nitrogens is 1. The largest absolute Gasteiger partial charge is 0.339 e. The number of hydrogen-bond acceptors (Lipinski definition) is 4. The van der Waals surface area contributed by atoms with Gasteiger partial charge in [0.1, 0.15) is 5.03 Å². The Bertz CT molecular complexity index is 455. The third-order valence-electron chi connectivity index (χ3n) is 2.52. The molecule has 90 valence electrons. The Morgan fingerprint density at radius 1 is 1.41 bits per heavy atom. The van der Waals surface area contributed by atoms with Crippen LogP contribution in [0.25, 0.3) is 0 Å². The Morgan fingerprint density at radius 2 is 2.29 bits per heavy atom. The molecule has 0 radical (unpaired) electrons. The summed E-state index contributed by atoms with van der Waals surface area (Å²) in [5.41, 5.74) is 7.17. The van der Waals surface area contributed by atoms with Crippen molar-refractivity contribution < 1.29 is 0 Å². The van der Waals surface area contributed by atoms with Gasteiger partial charge in [-0.25, -0.2) is 9.97 Å². The van der Waals surface area contributed by atoms with Crippen molar-refractivity contribution >= 4 is 11.8 Å². The molecule has 0 aromatic carbocycles. The third-order valence-corrected chi connectivity index (χ3v) is 3.50. The molecule has 0 spiro atoms. The van der Waals surface area contributed by atoms with E-state index in [1.54, 1.807) is 24.2 Å². The average Bonchev–Trinajstić information content (AvgIpc) is 2.84. The minimum Gasteiger partial charge on any atom is -0.339 e. The van der Waals surface area contributed by atoms with Crippen molar-refractivity contribution in [2.45, 2.75) is 36.0 Å². The van der Waals surface area contributed by atoms with Crippen LogP contribution in [0, 0.1) is 0 Å². The molecular formula is C12H16N4S. The molecule has 0 amide bonds. The first kappa shape index (κ1) is 12.1. The zero-order valence-electron chi connectivity index (χ0n) is 9.76. The number of pyridine rings is 1. The third kappa shape index (κ3) is 3.31. The summed E-state index contributed by atoms with van der Waals surface area (Å²) in [5, 5.41) is 1.83. The molecular weight excluding hydrogens is 232 g/mol. The summed E-state index contributed by atoms with van der Waals surface area (Å²) in [6.45, 7) is 2.10. The van der Waals surface area contributed by atoms with Gasteiger partial charge in [-0.2, -0.15) is 0 Å². The van der Waals surface area contributed by atoms with E-state index in [4.69, 9.17) is 5.73 Å². The molecule has 0 aliphatic heterocycles. The Hall–Kier alpha value is -1.33. The van der Waals surface area contributed by atoms with E-state index in [1.807, 2.05) is 12.3 Å². The SMILES string of the molecule is CCC(N)Cc1cccnc1Sc1ncc[nH]1. The Balaban J connectivity index is 2.15. The fourth-order valence-corrected chi connectivity index (χ4v) is 2.32. The lowest BCUT2D eigenvalue weighted by Gasteiger charge is -2.11. The molecule has 5 heteroatoms. The molecule has 0 saturated carbocycles. The number of aromatic amines is 1. The van der Waals surface area contributed by atoms with Gasteiger partial charge >= 0.3 is 0 Å². The monoisotopic (exact) mass is 248 g/mol. The number of nitrogens with one attached hydrogen (secondary N) is 1. The van der Waals surface area contributed by atoms with E-state index in [0.29, 0.717) is 0 Å². The lowest BCUT2D eigenvalue weighted by molar-refractivity contribution is 0.637. The highest BCUT2D eigenvalue weighted by atomic mass is 32.2. The van der Waals surface area contributed by atoms with E-state index < -0.39 is 0 Å². The summed E-state index contributed by atoms with van der Waals surface area (Å²) in [4.78, 5) is 11.6. The zero-order chi connectivity index (χ0) is 12.1. The number of hydrogen-bond donors (Lipinski definition) is 2. The van der Waals surface area contributed by atoms with Crippen LogP contribution in [0.15, 0.2) is 40.9 Å². The summed E-state index contributed by atoms with van der Waals surface area (Å²) < 4.78 is 0. The number of rotatable bonds is 5. The van der Waals surface area contributed by atoms with Crippen LogP contribution in [0.5, 0.6) is 0 Å². The van der Waals surface area contributed by atoms with Gasteiger partial charge in [0.15, 0.2) is 5.16 Å². The van der Waals surface area contributed by atoms with E-state index in [9.17, 15) is 0 Å². The van der Waals surface area contributed by atoms with Crippen molar-refractivity contribution in [2.75, 3.05) is 0 Å². The highest BCUT2D eigenvalue weighted by Crippen LogP contribution is 2.26. The van der Waals surface area contributed by atoms with E-state index in [1.165, 1.54) is 5.56 Å². The Morgan fingerprint density at radius 3 is 3.00 bits per heavy atom. The summed E-state index contributed by atoms with van der Waals surface area (Å²) in [6, 6.07) is 4.22. The highest BCUT2D eigenvalue weighted by Gasteiger charge is 2.09. The molecule has 0 aliphatic rings. The van der Waals surface area contributed by atoms with Crippen LogP contribution in [0.2, 0.25) is 0 Å². The summed E-state index contributed by atoms with van der Waals surface area (Å²) >= 11 is 1.54. The van der Waals surface area contributed by atoms with Crippen molar-refractivity contribution in [3.05, 3.63) is 36.3 Å². The number of aromatic nitrogens is 3. The van der Waals surface area contributed by atoms with Crippen LogP contribution in [-0.2, 0) is 6.42 Å². The van der Waals surface area contributed by atoms with Crippen molar-refractivity contribution in [3.63, 3.8) is 0 Å². The van der Waals surface area contributed by atoms with E-state index in [0.717, 1.165) is 23.0 Å². The predicted octanol–water partition coefficient (Wildman–Crippen LogP) is 2.24. The van der Waals surface area contributed by atoms with Gasteiger partial charge in [-0.15, -0.1) is 0 Å². The quantitative estimate of drug-likeness (QED) is 0.851. The lowest BCUT2D eigenvalue weighted by Crippen LogP contribution is -2.21. The maximum Gasteiger partial charge on any atom is 0.171 e. The zero-order valence-corrected chi connectivity index (χ0v) is 10.6. The van der Waals surface area contributed by atoms with Gasteiger partial charge in [-0.1, -0.05) is 13.0 Å². The first-order chi connectivity index (χ1) is 8.29. The maximum absolute atomic E-state index is 5.99. The molecule has 0 aliphatic carbocycles. The topological polar surface area (TPSA) is 67.6 Å². The smallest absolute Gasteiger partial charge is 0.171 e. The van der Waals surface area contributed by atoms with Crippen molar-refractivity contribution in [1.29, 1.82) is 0 Å². The molecule has 17 heavy (non-hydrogen) atoms. The molecule has 2 aromatic rings. The van der Waals surface area contributed by atoms with E-state index >= 15 is 0 Å². The standard InChI is InChI=1S/C12H16N4S/c1-2-10(13)8-9-4-3-5-14-11(9)17-12-15-6-7-16-12/h3-7,10H,2,8,13H2,1H3,(H,15,16). The first-order valence-electron chi connectivity index (χ1n) is 5.66. The fourth-order valence-electron chi connectivity index (χ4n) is 1.50. The molecule has 1 atom stereocenters. The molecule has 0 fully saturated rings. The Labute approximate surface area is 105 Å². The number of imidazole rings is 1. The van der Waals surface area contributed by atoms with Gasteiger partial charge in [0.2, 0.25) is 0 Å². The Kier molecular flexibility index (Phi) is 4.17. The molecule has 2 aromatic heterocycles. The van der Waals surface area contributed by atoms with Crippen LogP contribution in [0.1, 0.15) is 18.9 Å². The van der Waals surface area contributed by atoms with E-state index in [-0.39, 0.29) is 6.04 Å². The molecule has 0 bridgehead atoms. The summed E-state index contributed by atoms with van der Waals surface area (Å²) in [7, 11) is 0. The molecule has 2 heterocycles. The van der Waals surface area contributed by atoms with Crippen LogP contribution >= 0.6 is 11.8 Å². The summed E-state index contributed by atoms with van der Waals surface area (Å²) in [5.74, 6) is 0. The fraction of sp³-hybridized carbons (Fsp3) is 0.333. The highest BCUT2D eigenvalue weighted by molar-refractivity contribution is 7.99. The minimum atomic E-state index is 0.190. The second kappa shape index (κ2) is 5.84. The van der Waals surface area contributed by atoms with Crippen molar-refractivity contribution in [1.82, 2.24) is 15.0 Å². The summed E-state index contributed by atoms with van der Waals surface area (Å²) in [6.07, 6.45) is 7.17. The first-order valence-corrected chi connectivity index (χ1v) is 6.48. The van der Waals surface area contributed by atoms with Gasteiger partial charge in [0, 0.05) is 24.6 Å². The van der Waals surface area contributed by atoms with Crippen LogP contribution < -0.4 is 5.73 Å². The molecule has 3 N–H and O–H groups in total. The van der Waals surface area contributed by atoms with Crippen LogP contribution in [0.3, 0.4) is 0 Å². The lowest BCUT2D eigenvalue weighted by atomic mass is 10.1. The van der Waals surface area contributed by atoms with Gasteiger partial charge in [-0.3, -0.25) is 0 Å². The normalized spacial score (nSPS) is 12.6. The van der Waals surface area contributed by atoms with Gasteiger partial charge in [-0.05, 0) is 36.2 Å². The molecule has 0 saturated heterocycles. The molecule has 2 rings (SSSR count).